The minimum absolute atomic E-state index is 0.251. The fourth-order valence-corrected chi connectivity index (χ4v) is 3.04. The second-order valence-electron chi connectivity index (χ2n) is 5.61. The molecular weight excluding hydrogens is 264 g/mol. The molecule has 0 bridgehead atoms. The van der Waals surface area contributed by atoms with E-state index < -0.39 is 0 Å². The minimum atomic E-state index is 0.251. The fourth-order valence-electron chi connectivity index (χ4n) is 3.04. The van der Waals surface area contributed by atoms with Gasteiger partial charge >= 0.3 is 0 Å². The maximum absolute atomic E-state index is 5.95. The summed E-state index contributed by atoms with van der Waals surface area (Å²) in [7, 11) is 0. The average molecular weight is 280 g/mol. The second-order valence-corrected chi connectivity index (χ2v) is 5.61. The molecule has 1 aromatic carbocycles. The number of nitrogens with two attached hydrogens (primary N) is 1. The summed E-state index contributed by atoms with van der Waals surface area (Å²) in [4.78, 5) is 8.97. The molecule has 1 aliphatic carbocycles. The van der Waals surface area contributed by atoms with Crippen LogP contribution >= 0.6 is 0 Å². The first-order valence-corrected chi connectivity index (χ1v) is 7.24. The number of benzene rings is 1. The van der Waals surface area contributed by atoms with Crippen molar-refractivity contribution in [2.24, 2.45) is 5.73 Å². The van der Waals surface area contributed by atoms with E-state index in [4.69, 9.17) is 10.3 Å². The van der Waals surface area contributed by atoms with Crippen LogP contribution in [0.2, 0.25) is 0 Å². The molecular formula is C16H16N4O. The van der Waals surface area contributed by atoms with E-state index in [1.807, 2.05) is 24.3 Å². The predicted octanol–water partition coefficient (Wildman–Crippen LogP) is 2.88. The Morgan fingerprint density at radius 1 is 1.14 bits per heavy atom. The van der Waals surface area contributed by atoms with Gasteiger partial charge in [0.25, 0.3) is 0 Å². The lowest BCUT2D eigenvalue weighted by Gasteiger charge is -2.02. The van der Waals surface area contributed by atoms with Crippen LogP contribution in [0.5, 0.6) is 0 Å². The summed E-state index contributed by atoms with van der Waals surface area (Å²) in [6, 6.07) is 10.3. The summed E-state index contributed by atoms with van der Waals surface area (Å²) in [5, 5.41) is 6.28. The van der Waals surface area contributed by atoms with Gasteiger partial charge in [0.15, 0.2) is 0 Å². The first-order chi connectivity index (χ1) is 10.3. The maximum Gasteiger partial charge on any atom is 0.230 e. The smallest absolute Gasteiger partial charge is 0.230 e. The highest BCUT2D eigenvalue weighted by atomic mass is 16.5. The van der Waals surface area contributed by atoms with Crippen LogP contribution in [0.25, 0.3) is 22.3 Å². The van der Waals surface area contributed by atoms with Gasteiger partial charge in [0.2, 0.25) is 11.7 Å². The van der Waals surface area contributed by atoms with Crippen LogP contribution in [0.1, 0.15) is 31.1 Å². The predicted molar refractivity (Wildman–Crippen MR) is 79.6 cm³/mol. The number of rotatable bonds is 2. The third kappa shape index (κ3) is 2.19. The average Bonchev–Trinajstić information content (AvgIpc) is 3.15. The molecule has 106 valence electrons. The Hall–Kier alpha value is -2.27. The highest BCUT2D eigenvalue weighted by Gasteiger charge is 2.28. The van der Waals surface area contributed by atoms with Gasteiger partial charge in [-0.2, -0.15) is 4.98 Å². The van der Waals surface area contributed by atoms with E-state index in [1.54, 1.807) is 6.20 Å². The number of fused-ring (bicyclic) bond motifs is 1. The van der Waals surface area contributed by atoms with Crippen molar-refractivity contribution in [1.29, 1.82) is 0 Å². The first kappa shape index (κ1) is 12.5. The number of nitrogens with zero attached hydrogens (tertiary/aromatic N) is 3. The molecule has 2 N–H and O–H groups in total. The molecule has 3 aromatic rings. The van der Waals surface area contributed by atoms with Gasteiger partial charge in [0, 0.05) is 23.5 Å². The van der Waals surface area contributed by atoms with Crippen LogP contribution in [0.3, 0.4) is 0 Å². The van der Waals surface area contributed by atoms with Crippen molar-refractivity contribution in [2.45, 2.75) is 31.2 Å². The summed E-state index contributed by atoms with van der Waals surface area (Å²) in [6.07, 6.45) is 4.74. The molecule has 1 aliphatic rings. The molecule has 2 atom stereocenters. The third-order valence-corrected chi connectivity index (χ3v) is 4.15. The number of hydrogen-bond acceptors (Lipinski definition) is 5. The summed E-state index contributed by atoms with van der Waals surface area (Å²) >= 11 is 0. The monoisotopic (exact) mass is 280 g/mol. The Morgan fingerprint density at radius 3 is 2.90 bits per heavy atom. The van der Waals surface area contributed by atoms with Gasteiger partial charge in [0.1, 0.15) is 5.69 Å². The van der Waals surface area contributed by atoms with Crippen LogP contribution in [0, 0.1) is 0 Å². The van der Waals surface area contributed by atoms with E-state index >= 15 is 0 Å². The van der Waals surface area contributed by atoms with Crippen LogP contribution in [0.15, 0.2) is 41.1 Å². The topological polar surface area (TPSA) is 77.8 Å². The number of pyridine rings is 1. The van der Waals surface area contributed by atoms with Crippen LogP contribution in [-0.2, 0) is 0 Å². The number of hydrogen-bond donors (Lipinski definition) is 1. The lowest BCUT2D eigenvalue weighted by Crippen LogP contribution is -2.14. The van der Waals surface area contributed by atoms with Gasteiger partial charge in [-0.15, -0.1) is 0 Å². The molecule has 2 heterocycles. The van der Waals surface area contributed by atoms with E-state index in [0.717, 1.165) is 35.7 Å². The Kier molecular flexibility index (Phi) is 2.93. The maximum atomic E-state index is 5.95. The molecule has 2 aromatic heterocycles. The molecule has 0 radical (unpaired) electrons. The van der Waals surface area contributed by atoms with Crippen molar-refractivity contribution in [2.75, 3.05) is 0 Å². The van der Waals surface area contributed by atoms with Gasteiger partial charge in [-0.1, -0.05) is 29.4 Å². The lowest BCUT2D eigenvalue weighted by atomic mass is 10.1. The third-order valence-electron chi connectivity index (χ3n) is 4.15. The Labute approximate surface area is 122 Å². The molecule has 21 heavy (non-hydrogen) atoms. The SMILES string of the molecule is NC1CCC(c2nc(-c3nccc4ccccc34)no2)C1. The molecule has 1 fully saturated rings. The summed E-state index contributed by atoms with van der Waals surface area (Å²) in [5.41, 5.74) is 6.72. The molecule has 4 rings (SSSR count). The summed E-state index contributed by atoms with van der Waals surface area (Å²) in [5.74, 6) is 1.53. The van der Waals surface area contributed by atoms with Gasteiger partial charge in [-0.3, -0.25) is 4.98 Å². The van der Waals surface area contributed by atoms with Crippen molar-refractivity contribution in [3.05, 3.63) is 42.4 Å². The van der Waals surface area contributed by atoms with Crippen molar-refractivity contribution in [3.63, 3.8) is 0 Å². The molecule has 0 spiro atoms. The van der Waals surface area contributed by atoms with Crippen molar-refractivity contribution >= 4 is 10.8 Å². The molecule has 0 saturated heterocycles. The zero-order valence-electron chi connectivity index (χ0n) is 11.6. The van der Waals surface area contributed by atoms with Crippen LogP contribution in [0.4, 0.5) is 0 Å². The zero-order valence-corrected chi connectivity index (χ0v) is 11.6. The van der Waals surface area contributed by atoms with E-state index in [0.29, 0.717) is 11.7 Å². The molecule has 2 unspecified atom stereocenters. The van der Waals surface area contributed by atoms with Crippen molar-refractivity contribution in [1.82, 2.24) is 15.1 Å². The normalized spacial score (nSPS) is 22.0. The quantitative estimate of drug-likeness (QED) is 0.781. The van der Waals surface area contributed by atoms with Gasteiger partial charge < -0.3 is 10.3 Å². The van der Waals surface area contributed by atoms with Crippen LogP contribution < -0.4 is 5.73 Å². The zero-order chi connectivity index (χ0) is 14.2. The van der Waals surface area contributed by atoms with Gasteiger partial charge in [-0.25, -0.2) is 0 Å². The van der Waals surface area contributed by atoms with E-state index in [2.05, 4.69) is 21.2 Å². The van der Waals surface area contributed by atoms with E-state index in [-0.39, 0.29) is 12.0 Å². The first-order valence-electron chi connectivity index (χ1n) is 7.24. The Balaban J connectivity index is 1.74. The highest BCUT2D eigenvalue weighted by Crippen LogP contribution is 2.34. The standard InChI is InChI=1S/C16H16N4O/c17-12-6-5-11(9-12)16-19-15(20-21-16)14-13-4-2-1-3-10(13)7-8-18-14/h1-4,7-8,11-12H,5-6,9,17H2. The summed E-state index contributed by atoms with van der Waals surface area (Å²) < 4.78 is 5.44. The van der Waals surface area contributed by atoms with Crippen LogP contribution in [-0.4, -0.2) is 21.2 Å². The number of aromatic nitrogens is 3. The fraction of sp³-hybridized carbons (Fsp3) is 0.312. The highest BCUT2D eigenvalue weighted by molar-refractivity contribution is 5.92. The molecule has 5 heteroatoms. The van der Waals surface area contributed by atoms with Crippen molar-refractivity contribution < 1.29 is 4.52 Å². The Bertz CT molecular complexity index is 777. The molecule has 5 nitrogen and oxygen atoms in total. The van der Waals surface area contributed by atoms with Gasteiger partial charge in [-0.05, 0) is 30.7 Å². The van der Waals surface area contributed by atoms with Gasteiger partial charge in [0.05, 0.1) is 0 Å². The second kappa shape index (κ2) is 4.93. The molecule has 1 saturated carbocycles. The lowest BCUT2D eigenvalue weighted by molar-refractivity contribution is 0.353. The summed E-state index contributed by atoms with van der Waals surface area (Å²) in [6.45, 7) is 0. The van der Waals surface area contributed by atoms with E-state index in [1.165, 1.54) is 0 Å². The van der Waals surface area contributed by atoms with E-state index in [9.17, 15) is 0 Å². The molecule has 0 amide bonds. The van der Waals surface area contributed by atoms with Crippen molar-refractivity contribution in [3.8, 4) is 11.5 Å². The molecule has 0 aliphatic heterocycles. The Morgan fingerprint density at radius 2 is 2.05 bits per heavy atom. The minimum Gasteiger partial charge on any atom is -0.339 e. The largest absolute Gasteiger partial charge is 0.339 e.